The van der Waals surface area contributed by atoms with E-state index in [0.717, 1.165) is 12.1 Å². The van der Waals surface area contributed by atoms with E-state index in [1.165, 1.54) is 62.6 Å². The topological polar surface area (TPSA) is 142 Å². The van der Waals surface area contributed by atoms with E-state index in [0.29, 0.717) is 11.3 Å². The summed E-state index contributed by atoms with van der Waals surface area (Å²) in [7, 11) is -2.77. The number of nitro groups is 1. The first-order valence-corrected chi connectivity index (χ1v) is 11.4. The molecule has 0 radical (unpaired) electrons. The van der Waals surface area contributed by atoms with E-state index in [4.69, 9.17) is 9.47 Å². The summed E-state index contributed by atoms with van der Waals surface area (Å²) in [6.45, 7) is 1.40. The molecule has 3 aromatic carbocycles. The van der Waals surface area contributed by atoms with Crippen LogP contribution in [-0.4, -0.2) is 38.3 Å². The number of benzene rings is 3. The summed E-state index contributed by atoms with van der Waals surface area (Å²) in [5.74, 6) is -0.816. The Kier molecular flexibility index (Phi) is 7.27. The number of carbonyl (C=O) groups is 2. The maximum atomic E-state index is 12.8. The summed E-state index contributed by atoms with van der Waals surface area (Å²) in [6, 6.07) is 16.4. The molecule has 3 aromatic rings. The Hall–Kier alpha value is -4.25. The lowest BCUT2D eigenvalue weighted by Crippen LogP contribution is -2.25. The minimum Gasteiger partial charge on any atom is -0.497 e. The highest BCUT2D eigenvalue weighted by molar-refractivity contribution is 7.92. The monoisotopic (exact) mass is 484 g/mol. The number of hydrogen-bond donors (Lipinski definition) is 1. The number of nitro benzene ring substituents is 1. The molecule has 0 aliphatic heterocycles. The second-order valence-corrected chi connectivity index (χ2v) is 8.73. The van der Waals surface area contributed by atoms with Crippen molar-refractivity contribution in [2.75, 3.05) is 11.8 Å². The maximum absolute atomic E-state index is 12.8. The number of carbonyl (C=O) groups excluding carboxylic acids is 2. The van der Waals surface area contributed by atoms with E-state index < -0.39 is 38.5 Å². The number of nitrogens with zero attached hydrogens (tertiary/aromatic N) is 1. The van der Waals surface area contributed by atoms with Crippen molar-refractivity contribution < 1.29 is 32.4 Å². The third-order valence-electron chi connectivity index (χ3n) is 4.76. The highest BCUT2D eigenvalue weighted by Crippen LogP contribution is 2.24. The Morgan fingerprint density at radius 3 is 2.32 bits per heavy atom. The molecule has 0 saturated heterocycles. The molecule has 0 bridgehead atoms. The molecule has 0 spiro atoms. The lowest BCUT2D eigenvalue weighted by molar-refractivity contribution is -0.385. The second kappa shape index (κ2) is 10.1. The number of hydrogen-bond acceptors (Lipinski definition) is 8. The van der Waals surface area contributed by atoms with Crippen molar-refractivity contribution in [1.29, 1.82) is 0 Å². The zero-order valence-corrected chi connectivity index (χ0v) is 18.9. The molecule has 0 fully saturated rings. The minimum absolute atomic E-state index is 0.108. The summed E-state index contributed by atoms with van der Waals surface area (Å²) in [5, 5.41) is 11.0. The number of non-ortho nitro benzene ring substituents is 1. The van der Waals surface area contributed by atoms with Gasteiger partial charge in [0.1, 0.15) is 5.75 Å². The Morgan fingerprint density at radius 1 is 1.00 bits per heavy atom. The first-order chi connectivity index (χ1) is 16.1. The second-order valence-electron chi connectivity index (χ2n) is 7.05. The molecule has 11 heteroatoms. The van der Waals surface area contributed by atoms with Crippen LogP contribution in [-0.2, 0) is 14.8 Å². The van der Waals surface area contributed by atoms with E-state index in [1.54, 1.807) is 12.1 Å². The average molecular weight is 484 g/mol. The van der Waals surface area contributed by atoms with E-state index in [9.17, 15) is 28.1 Å². The van der Waals surface area contributed by atoms with Crippen molar-refractivity contribution >= 4 is 33.2 Å². The fourth-order valence-electron chi connectivity index (χ4n) is 2.99. The summed E-state index contributed by atoms with van der Waals surface area (Å²) >= 11 is 0. The molecule has 10 nitrogen and oxygen atoms in total. The van der Waals surface area contributed by atoms with Crippen LogP contribution in [0.3, 0.4) is 0 Å². The maximum Gasteiger partial charge on any atom is 0.340 e. The van der Waals surface area contributed by atoms with Gasteiger partial charge in [-0.2, -0.15) is 0 Å². The van der Waals surface area contributed by atoms with Gasteiger partial charge in [0.15, 0.2) is 6.10 Å². The predicted molar refractivity (Wildman–Crippen MR) is 123 cm³/mol. The van der Waals surface area contributed by atoms with Crippen LogP contribution in [0.4, 0.5) is 11.4 Å². The van der Waals surface area contributed by atoms with E-state index in [1.807, 2.05) is 0 Å². The SMILES string of the molecule is COc1ccc(C(=O)C(C)OC(=O)c2ccccc2NS(=O)(=O)c2cccc([N+](=O)[O-])c2)cc1. The lowest BCUT2D eigenvalue weighted by atomic mass is 10.1. The van der Waals surface area contributed by atoms with Gasteiger partial charge in [-0.05, 0) is 49.4 Å². The first kappa shape index (κ1) is 24.4. The number of anilines is 1. The third-order valence-corrected chi connectivity index (χ3v) is 6.12. The molecular weight excluding hydrogens is 464 g/mol. The van der Waals surface area contributed by atoms with Gasteiger partial charge in [-0.3, -0.25) is 19.6 Å². The molecule has 3 rings (SSSR count). The van der Waals surface area contributed by atoms with Gasteiger partial charge in [0.05, 0.1) is 28.2 Å². The minimum atomic E-state index is -4.26. The fraction of sp³-hybridized carbons (Fsp3) is 0.130. The van der Waals surface area contributed by atoms with Crippen LogP contribution < -0.4 is 9.46 Å². The number of ketones is 1. The molecule has 0 aliphatic carbocycles. The Bertz CT molecular complexity index is 1340. The molecule has 0 saturated carbocycles. The number of ether oxygens (including phenoxy) is 2. The average Bonchev–Trinajstić information content (AvgIpc) is 2.83. The van der Waals surface area contributed by atoms with Crippen molar-refractivity contribution in [3.63, 3.8) is 0 Å². The molecule has 1 unspecified atom stereocenters. The van der Waals surface area contributed by atoms with Crippen molar-refractivity contribution in [2.45, 2.75) is 17.9 Å². The summed E-state index contributed by atoms with van der Waals surface area (Å²) in [5.41, 5.74) is -0.337. The van der Waals surface area contributed by atoms with E-state index in [-0.39, 0.29) is 16.1 Å². The number of esters is 1. The van der Waals surface area contributed by atoms with E-state index in [2.05, 4.69) is 4.72 Å². The molecule has 1 atom stereocenters. The van der Waals surface area contributed by atoms with Crippen molar-refractivity contribution in [1.82, 2.24) is 0 Å². The third kappa shape index (κ3) is 5.56. The van der Waals surface area contributed by atoms with Gasteiger partial charge in [-0.1, -0.05) is 18.2 Å². The van der Waals surface area contributed by atoms with Crippen LogP contribution >= 0.6 is 0 Å². The van der Waals surface area contributed by atoms with Crippen LogP contribution in [0.15, 0.2) is 77.7 Å². The highest BCUT2D eigenvalue weighted by Gasteiger charge is 2.24. The van der Waals surface area contributed by atoms with Crippen LogP contribution in [0.25, 0.3) is 0 Å². The Labute approximate surface area is 195 Å². The number of sulfonamides is 1. The van der Waals surface area contributed by atoms with Crippen molar-refractivity contribution in [3.8, 4) is 5.75 Å². The smallest absolute Gasteiger partial charge is 0.340 e. The van der Waals surface area contributed by atoms with Gasteiger partial charge in [0, 0.05) is 17.7 Å². The van der Waals surface area contributed by atoms with Gasteiger partial charge in [-0.15, -0.1) is 0 Å². The Morgan fingerprint density at radius 2 is 1.68 bits per heavy atom. The van der Waals surface area contributed by atoms with Gasteiger partial charge >= 0.3 is 5.97 Å². The molecule has 176 valence electrons. The number of para-hydroxylation sites is 1. The fourth-order valence-corrected chi connectivity index (χ4v) is 4.10. The standard InChI is InChI=1S/C23H20N2O8S/c1-15(22(26)16-10-12-18(32-2)13-11-16)33-23(27)20-8-3-4-9-21(20)24-34(30,31)19-7-5-6-17(14-19)25(28)29/h3-15,24H,1-2H3. The number of nitrogens with one attached hydrogen (secondary N) is 1. The van der Waals surface area contributed by atoms with Gasteiger partial charge in [-0.25, -0.2) is 13.2 Å². The highest BCUT2D eigenvalue weighted by atomic mass is 32.2. The number of methoxy groups -OCH3 is 1. The molecule has 0 aliphatic rings. The number of rotatable bonds is 9. The largest absolute Gasteiger partial charge is 0.497 e. The molecule has 0 amide bonds. The summed E-state index contributed by atoms with van der Waals surface area (Å²) in [4.78, 5) is 35.3. The van der Waals surface area contributed by atoms with Gasteiger partial charge in [0.2, 0.25) is 5.78 Å². The van der Waals surface area contributed by atoms with Gasteiger partial charge in [0.25, 0.3) is 15.7 Å². The Balaban J connectivity index is 1.80. The van der Waals surface area contributed by atoms with Gasteiger partial charge < -0.3 is 9.47 Å². The number of Topliss-reactive ketones (excluding diaryl/α,β-unsaturated/α-hetero) is 1. The van der Waals surface area contributed by atoms with Crippen molar-refractivity contribution in [3.05, 3.63) is 94.0 Å². The summed E-state index contributed by atoms with van der Waals surface area (Å²) in [6.07, 6.45) is -1.15. The first-order valence-electron chi connectivity index (χ1n) is 9.88. The zero-order chi connectivity index (χ0) is 24.9. The molecule has 34 heavy (non-hydrogen) atoms. The molecule has 0 heterocycles. The van der Waals surface area contributed by atoms with Crippen LogP contribution in [0.2, 0.25) is 0 Å². The molecule has 0 aromatic heterocycles. The van der Waals surface area contributed by atoms with Crippen LogP contribution in [0, 0.1) is 10.1 Å². The molecular formula is C23H20N2O8S. The predicted octanol–water partition coefficient (Wildman–Crippen LogP) is 3.83. The quantitative estimate of drug-likeness (QED) is 0.209. The zero-order valence-electron chi connectivity index (χ0n) is 18.1. The van der Waals surface area contributed by atoms with Crippen molar-refractivity contribution in [2.24, 2.45) is 0 Å². The lowest BCUT2D eigenvalue weighted by Gasteiger charge is -2.15. The van der Waals surface area contributed by atoms with Crippen LogP contribution in [0.1, 0.15) is 27.6 Å². The van der Waals surface area contributed by atoms with E-state index >= 15 is 0 Å². The normalized spacial score (nSPS) is 11.8. The molecule has 1 N–H and O–H groups in total. The summed E-state index contributed by atoms with van der Waals surface area (Å²) < 4.78 is 38.1. The van der Waals surface area contributed by atoms with Crippen LogP contribution in [0.5, 0.6) is 5.75 Å².